The Morgan fingerprint density at radius 3 is 2.77 bits per heavy atom. The third kappa shape index (κ3) is 3.48. The monoisotopic (exact) mass is 312 g/mol. The number of rotatable bonds is 7. The van der Waals surface area contributed by atoms with E-state index in [9.17, 15) is 19.8 Å². The lowest BCUT2D eigenvalue weighted by Gasteiger charge is -2.31. The van der Waals surface area contributed by atoms with Crippen LogP contribution in [0.25, 0.3) is 0 Å². The molecule has 3 N–H and O–H groups in total. The van der Waals surface area contributed by atoms with E-state index >= 15 is 0 Å². The second-order valence-corrected chi connectivity index (χ2v) is 5.85. The first-order chi connectivity index (χ1) is 10.5. The molecule has 0 amide bonds. The highest BCUT2D eigenvalue weighted by Crippen LogP contribution is 2.38. The lowest BCUT2D eigenvalue weighted by atomic mass is 9.99. The molecule has 0 saturated carbocycles. The van der Waals surface area contributed by atoms with Crippen molar-refractivity contribution in [3.05, 3.63) is 33.1 Å². The van der Waals surface area contributed by atoms with Crippen LogP contribution in [0, 0.1) is 0 Å². The van der Waals surface area contributed by atoms with Gasteiger partial charge in [-0.2, -0.15) is 0 Å². The summed E-state index contributed by atoms with van der Waals surface area (Å²) >= 11 is 0. The van der Waals surface area contributed by atoms with E-state index in [1.54, 1.807) is 0 Å². The van der Waals surface area contributed by atoms with E-state index in [4.69, 9.17) is 4.74 Å². The molecule has 7 nitrogen and oxygen atoms in total. The lowest BCUT2D eigenvalue weighted by molar-refractivity contribution is -0.124. The molecule has 1 aliphatic rings. The number of aromatic nitrogens is 2. The maximum atomic E-state index is 12.1. The number of nitrogens with zero attached hydrogens (tertiary/aromatic N) is 1. The van der Waals surface area contributed by atoms with Gasteiger partial charge in [-0.3, -0.25) is 14.3 Å². The van der Waals surface area contributed by atoms with E-state index in [1.165, 1.54) is 16.8 Å². The van der Waals surface area contributed by atoms with E-state index in [-0.39, 0.29) is 13.0 Å². The molecule has 1 fully saturated rings. The fourth-order valence-electron chi connectivity index (χ4n) is 3.03. The summed E-state index contributed by atoms with van der Waals surface area (Å²) in [4.78, 5) is 25.6. The molecule has 0 aromatic carbocycles. The molecule has 1 aromatic rings. The van der Waals surface area contributed by atoms with Crippen LogP contribution in [0.3, 0.4) is 0 Å². The van der Waals surface area contributed by atoms with Crippen molar-refractivity contribution in [2.24, 2.45) is 0 Å². The van der Waals surface area contributed by atoms with Gasteiger partial charge in [0.15, 0.2) is 5.72 Å². The van der Waals surface area contributed by atoms with Crippen molar-refractivity contribution in [1.29, 1.82) is 0 Å². The summed E-state index contributed by atoms with van der Waals surface area (Å²) in [6, 6.07) is 1.26. The highest BCUT2D eigenvalue weighted by atomic mass is 16.6. The van der Waals surface area contributed by atoms with Gasteiger partial charge in [0.05, 0.1) is 12.7 Å². The van der Waals surface area contributed by atoms with Crippen molar-refractivity contribution in [2.75, 3.05) is 6.61 Å². The van der Waals surface area contributed by atoms with Gasteiger partial charge in [0.2, 0.25) is 0 Å². The van der Waals surface area contributed by atoms with Crippen LogP contribution in [0.15, 0.2) is 21.9 Å². The van der Waals surface area contributed by atoms with Crippen LogP contribution in [0.2, 0.25) is 0 Å². The molecular formula is C15H24N2O5. The van der Waals surface area contributed by atoms with Gasteiger partial charge in [-0.25, -0.2) is 4.79 Å². The molecule has 0 spiro atoms. The standard InChI is InChI=1S/C15H24N2O5/c1-2-3-4-5-7-15(9-11(19)12(10-18)22-15)17-8-6-13(20)16-14(17)21/h6,8,11-12,18-19H,2-5,7,9-10H2,1H3,(H,16,20,21)/t11-,12+,15+/m0/s1. The Morgan fingerprint density at radius 2 is 2.18 bits per heavy atom. The van der Waals surface area contributed by atoms with Gasteiger partial charge in [0, 0.05) is 18.7 Å². The van der Waals surface area contributed by atoms with Crippen LogP contribution in [-0.4, -0.2) is 38.6 Å². The van der Waals surface area contributed by atoms with Gasteiger partial charge in [-0.1, -0.05) is 26.2 Å². The van der Waals surface area contributed by atoms with Gasteiger partial charge in [-0.05, 0) is 12.8 Å². The fourth-order valence-corrected chi connectivity index (χ4v) is 3.03. The molecule has 1 aromatic heterocycles. The number of aliphatic hydroxyl groups excluding tert-OH is 2. The second kappa shape index (κ2) is 7.21. The van der Waals surface area contributed by atoms with Crippen molar-refractivity contribution in [3.8, 4) is 0 Å². The largest absolute Gasteiger partial charge is 0.394 e. The van der Waals surface area contributed by atoms with Gasteiger partial charge in [0.25, 0.3) is 5.56 Å². The van der Waals surface area contributed by atoms with E-state index in [0.717, 1.165) is 25.7 Å². The minimum absolute atomic E-state index is 0.219. The van der Waals surface area contributed by atoms with E-state index in [2.05, 4.69) is 11.9 Å². The van der Waals surface area contributed by atoms with Crippen LogP contribution in [0.5, 0.6) is 0 Å². The Labute approximate surface area is 128 Å². The Hall–Kier alpha value is -1.44. The molecule has 1 aliphatic heterocycles. The third-order valence-electron chi connectivity index (χ3n) is 4.19. The molecule has 0 aliphatic carbocycles. The maximum absolute atomic E-state index is 12.1. The summed E-state index contributed by atoms with van der Waals surface area (Å²) in [6.45, 7) is 1.80. The zero-order valence-electron chi connectivity index (χ0n) is 12.8. The summed E-state index contributed by atoms with van der Waals surface area (Å²) in [5, 5.41) is 19.4. The molecule has 0 bridgehead atoms. The number of H-pyrrole nitrogens is 1. The molecule has 2 heterocycles. The average molecular weight is 312 g/mol. The van der Waals surface area contributed by atoms with Gasteiger partial charge in [-0.15, -0.1) is 0 Å². The average Bonchev–Trinajstić information content (AvgIpc) is 2.80. The third-order valence-corrected chi connectivity index (χ3v) is 4.19. The predicted molar refractivity (Wildman–Crippen MR) is 80.6 cm³/mol. The fraction of sp³-hybridized carbons (Fsp3) is 0.733. The van der Waals surface area contributed by atoms with Gasteiger partial charge < -0.3 is 14.9 Å². The molecular weight excluding hydrogens is 288 g/mol. The zero-order chi connectivity index (χ0) is 16.2. The first kappa shape index (κ1) is 16.9. The molecule has 124 valence electrons. The van der Waals surface area contributed by atoms with Crippen LogP contribution in [0.1, 0.15) is 45.4 Å². The lowest BCUT2D eigenvalue weighted by Crippen LogP contribution is -2.44. The molecule has 1 saturated heterocycles. The second-order valence-electron chi connectivity index (χ2n) is 5.85. The van der Waals surface area contributed by atoms with Crippen LogP contribution < -0.4 is 11.2 Å². The normalized spacial score (nSPS) is 28.1. The number of hydrogen-bond donors (Lipinski definition) is 3. The number of unbranched alkanes of at least 4 members (excludes halogenated alkanes) is 3. The topological polar surface area (TPSA) is 105 Å². The molecule has 7 heteroatoms. The number of aromatic amines is 1. The summed E-state index contributed by atoms with van der Waals surface area (Å²) < 4.78 is 7.17. The maximum Gasteiger partial charge on any atom is 0.330 e. The summed E-state index contributed by atoms with van der Waals surface area (Å²) in [6.07, 6.45) is 4.62. The Kier molecular flexibility index (Phi) is 5.55. The van der Waals surface area contributed by atoms with Crippen LogP contribution in [-0.2, 0) is 10.5 Å². The van der Waals surface area contributed by atoms with E-state index in [1.807, 2.05) is 0 Å². The first-order valence-corrected chi connectivity index (χ1v) is 7.81. The van der Waals surface area contributed by atoms with Crippen molar-refractivity contribution in [2.45, 2.75) is 63.4 Å². The highest BCUT2D eigenvalue weighted by molar-refractivity contribution is 4.96. The summed E-state index contributed by atoms with van der Waals surface area (Å²) in [7, 11) is 0. The quantitative estimate of drug-likeness (QED) is 0.628. The highest BCUT2D eigenvalue weighted by Gasteiger charge is 2.47. The SMILES string of the molecule is CCCCCC[C@]1(n2ccc(=O)[nH]c2=O)C[C@H](O)[C@@H](CO)O1. The van der Waals surface area contributed by atoms with Gasteiger partial charge in [0.1, 0.15) is 6.10 Å². The van der Waals surface area contributed by atoms with E-state index in [0.29, 0.717) is 6.42 Å². The predicted octanol–water partition coefficient (Wildman–Crippen LogP) is 0.302. The zero-order valence-corrected chi connectivity index (χ0v) is 12.8. The first-order valence-electron chi connectivity index (χ1n) is 7.81. The van der Waals surface area contributed by atoms with E-state index < -0.39 is 29.2 Å². The number of ether oxygens (including phenoxy) is 1. The van der Waals surface area contributed by atoms with Crippen molar-refractivity contribution >= 4 is 0 Å². The number of hydrogen-bond acceptors (Lipinski definition) is 5. The van der Waals surface area contributed by atoms with Crippen LogP contribution in [0.4, 0.5) is 0 Å². The molecule has 0 radical (unpaired) electrons. The van der Waals surface area contributed by atoms with Crippen molar-refractivity contribution in [1.82, 2.24) is 9.55 Å². The molecule has 2 rings (SSSR count). The molecule has 3 atom stereocenters. The Balaban J connectivity index is 2.29. The number of aliphatic hydroxyl groups is 2. The molecule has 0 unspecified atom stereocenters. The summed E-state index contributed by atoms with van der Waals surface area (Å²) in [5.41, 5.74) is -2.05. The van der Waals surface area contributed by atoms with Crippen molar-refractivity contribution < 1.29 is 14.9 Å². The van der Waals surface area contributed by atoms with Crippen LogP contribution >= 0.6 is 0 Å². The smallest absolute Gasteiger partial charge is 0.330 e. The minimum atomic E-state index is -1.01. The minimum Gasteiger partial charge on any atom is -0.394 e. The Morgan fingerprint density at radius 1 is 1.41 bits per heavy atom. The van der Waals surface area contributed by atoms with Gasteiger partial charge >= 0.3 is 5.69 Å². The number of nitrogens with one attached hydrogen (secondary N) is 1. The summed E-state index contributed by atoms with van der Waals surface area (Å²) in [5.74, 6) is 0. The Bertz CT molecular complexity index is 596. The van der Waals surface area contributed by atoms with Crippen molar-refractivity contribution in [3.63, 3.8) is 0 Å². The molecule has 22 heavy (non-hydrogen) atoms.